The first-order chi connectivity index (χ1) is 7.58. The smallest absolute Gasteiger partial charge is 0.320 e. The van der Waals surface area contributed by atoms with Crippen molar-refractivity contribution in [2.45, 2.75) is 25.2 Å². The first kappa shape index (κ1) is 10.5. The van der Waals surface area contributed by atoms with Gasteiger partial charge >= 0.3 is 18.0 Å². The molecule has 2 saturated heterocycles. The molecule has 8 nitrogen and oxygen atoms in total. The van der Waals surface area contributed by atoms with Crippen LogP contribution in [0.15, 0.2) is 0 Å². The predicted molar refractivity (Wildman–Crippen MR) is 51.4 cm³/mol. The van der Waals surface area contributed by atoms with Crippen LogP contribution in [0.3, 0.4) is 0 Å². The Morgan fingerprint density at radius 2 is 2.06 bits per heavy atom. The lowest BCUT2D eigenvalue weighted by molar-refractivity contribution is -0.137. The molecule has 0 bridgehead atoms. The summed E-state index contributed by atoms with van der Waals surface area (Å²) in [4.78, 5) is 34.2. The molecule has 2 heterocycles. The van der Waals surface area contributed by atoms with E-state index < -0.39 is 18.3 Å². The minimum absolute atomic E-state index is 0.00252. The number of aliphatic carboxylic acids is 1. The van der Waals surface area contributed by atoms with Crippen LogP contribution >= 0.6 is 0 Å². The number of carboxylic acids is 1. The Bertz CT molecular complexity index is 345. The molecule has 2 atom stereocenters. The number of hydrogen-bond donors (Lipinski definition) is 4. The third-order valence-corrected chi connectivity index (χ3v) is 2.55. The van der Waals surface area contributed by atoms with E-state index in [-0.39, 0.29) is 18.5 Å². The zero-order chi connectivity index (χ0) is 11.7. The zero-order valence-corrected chi connectivity index (χ0v) is 8.40. The summed E-state index contributed by atoms with van der Waals surface area (Å²) in [5.74, 6) is -0.898. The van der Waals surface area contributed by atoms with E-state index >= 15 is 0 Å². The number of carbonyl (C=O) groups is 3. The number of rotatable bonds is 4. The van der Waals surface area contributed by atoms with Crippen LogP contribution in [0.5, 0.6) is 0 Å². The van der Waals surface area contributed by atoms with E-state index in [9.17, 15) is 14.4 Å². The van der Waals surface area contributed by atoms with Gasteiger partial charge in [0.05, 0.1) is 0 Å². The fraction of sp³-hybridized carbons (Fsp3) is 0.625. The summed E-state index contributed by atoms with van der Waals surface area (Å²) in [5, 5.41) is 16.2. The van der Waals surface area contributed by atoms with Gasteiger partial charge in [-0.2, -0.15) is 0 Å². The van der Waals surface area contributed by atoms with Gasteiger partial charge in [0.2, 0.25) is 0 Å². The highest BCUT2D eigenvalue weighted by atomic mass is 16.4. The van der Waals surface area contributed by atoms with Gasteiger partial charge in [-0.15, -0.1) is 0 Å². The van der Waals surface area contributed by atoms with Crippen LogP contribution in [-0.2, 0) is 4.79 Å². The number of amides is 4. The average Bonchev–Trinajstić information content (AvgIpc) is 2.64. The largest absolute Gasteiger partial charge is 0.481 e. The predicted octanol–water partition coefficient (Wildman–Crippen LogP) is -1.16. The molecule has 88 valence electrons. The fourth-order valence-electron chi connectivity index (χ4n) is 1.84. The molecule has 0 spiro atoms. The van der Waals surface area contributed by atoms with Crippen molar-refractivity contribution in [2.75, 3.05) is 6.54 Å². The minimum atomic E-state index is -0.898. The van der Waals surface area contributed by atoms with Gasteiger partial charge in [0, 0.05) is 13.0 Å². The first-order valence-electron chi connectivity index (χ1n) is 4.94. The van der Waals surface area contributed by atoms with Gasteiger partial charge in [-0.1, -0.05) is 0 Å². The number of hydrogen-bond acceptors (Lipinski definition) is 3. The van der Waals surface area contributed by atoms with Gasteiger partial charge in [0.25, 0.3) is 0 Å². The highest BCUT2D eigenvalue weighted by molar-refractivity contribution is 5.84. The Morgan fingerprint density at radius 1 is 1.31 bits per heavy atom. The lowest BCUT2D eigenvalue weighted by Gasteiger charge is -2.20. The maximum atomic E-state index is 11.4. The summed E-state index contributed by atoms with van der Waals surface area (Å²) in [5.41, 5.74) is 0. The van der Waals surface area contributed by atoms with Gasteiger partial charge in [-0.05, 0) is 6.42 Å². The number of urea groups is 2. The number of fused-ring (bicyclic) bond motifs is 1. The molecule has 2 rings (SSSR count). The molecule has 2 aliphatic heterocycles. The van der Waals surface area contributed by atoms with Crippen molar-refractivity contribution in [1.82, 2.24) is 20.9 Å². The average molecular weight is 228 g/mol. The van der Waals surface area contributed by atoms with Gasteiger partial charge in [-0.25, -0.2) is 9.59 Å². The monoisotopic (exact) mass is 228 g/mol. The summed E-state index contributed by atoms with van der Waals surface area (Å²) >= 11 is 0. The van der Waals surface area contributed by atoms with Crippen LogP contribution in [0.1, 0.15) is 12.8 Å². The molecule has 2 fully saturated rings. The van der Waals surface area contributed by atoms with Gasteiger partial charge in [-0.3, -0.25) is 4.79 Å². The molecule has 2 aliphatic rings. The zero-order valence-electron chi connectivity index (χ0n) is 8.40. The van der Waals surface area contributed by atoms with E-state index in [1.165, 1.54) is 4.90 Å². The summed E-state index contributed by atoms with van der Waals surface area (Å²) in [6.07, 6.45) is -0.483. The maximum absolute atomic E-state index is 11.4. The summed E-state index contributed by atoms with van der Waals surface area (Å²) in [6.45, 7) is 0.307. The minimum Gasteiger partial charge on any atom is -0.481 e. The Kier molecular flexibility index (Phi) is 2.55. The van der Waals surface area contributed by atoms with Crippen molar-refractivity contribution in [2.24, 2.45) is 0 Å². The molecule has 8 heteroatoms. The molecule has 4 amide bonds. The van der Waals surface area contributed by atoms with E-state index in [4.69, 9.17) is 5.11 Å². The van der Waals surface area contributed by atoms with Crippen molar-refractivity contribution >= 4 is 18.0 Å². The molecule has 0 saturated carbocycles. The van der Waals surface area contributed by atoms with Crippen molar-refractivity contribution in [3.05, 3.63) is 0 Å². The second-order valence-corrected chi connectivity index (χ2v) is 3.68. The van der Waals surface area contributed by atoms with Gasteiger partial charge in [0.1, 0.15) is 12.3 Å². The second kappa shape index (κ2) is 3.87. The molecule has 0 aromatic heterocycles. The van der Waals surface area contributed by atoms with Crippen molar-refractivity contribution in [3.63, 3.8) is 0 Å². The Hall–Kier alpha value is -1.99. The molecular formula is C8H12N4O4. The van der Waals surface area contributed by atoms with Crippen molar-refractivity contribution in [3.8, 4) is 0 Å². The fourth-order valence-corrected chi connectivity index (χ4v) is 1.84. The molecule has 0 unspecified atom stereocenters. The Labute approximate surface area is 91.0 Å². The molecule has 0 aromatic carbocycles. The molecular weight excluding hydrogens is 216 g/mol. The highest BCUT2D eigenvalue weighted by Gasteiger charge is 2.44. The summed E-state index contributed by atoms with van der Waals surface area (Å²) in [7, 11) is 0. The summed E-state index contributed by atoms with van der Waals surface area (Å²) in [6, 6.07) is -0.633. The van der Waals surface area contributed by atoms with Crippen LogP contribution < -0.4 is 16.0 Å². The van der Waals surface area contributed by atoms with Crippen LogP contribution in [0.2, 0.25) is 0 Å². The lowest BCUT2D eigenvalue weighted by Crippen LogP contribution is -2.43. The molecule has 0 aliphatic carbocycles. The first-order valence-corrected chi connectivity index (χ1v) is 4.94. The highest BCUT2D eigenvalue weighted by Crippen LogP contribution is 2.14. The van der Waals surface area contributed by atoms with E-state index in [0.717, 1.165) is 0 Å². The number of carboxylic acid groups (broad SMARTS) is 1. The van der Waals surface area contributed by atoms with E-state index in [1.807, 2.05) is 0 Å². The van der Waals surface area contributed by atoms with Crippen LogP contribution in [0.25, 0.3) is 0 Å². The number of nitrogens with zero attached hydrogens (tertiary/aromatic N) is 1. The Morgan fingerprint density at radius 3 is 2.75 bits per heavy atom. The molecule has 0 aromatic rings. The van der Waals surface area contributed by atoms with Crippen molar-refractivity contribution in [1.29, 1.82) is 0 Å². The topological polar surface area (TPSA) is 111 Å². The van der Waals surface area contributed by atoms with Crippen molar-refractivity contribution < 1.29 is 19.5 Å². The van der Waals surface area contributed by atoms with Gasteiger partial charge in [0.15, 0.2) is 0 Å². The summed E-state index contributed by atoms with van der Waals surface area (Å²) < 4.78 is 0. The quantitative estimate of drug-likeness (QED) is 0.486. The second-order valence-electron chi connectivity index (χ2n) is 3.68. The Balaban J connectivity index is 1.90. The van der Waals surface area contributed by atoms with E-state index in [2.05, 4.69) is 16.0 Å². The standard InChI is InChI=1S/C8H12N4O4/c13-4(14)2-1-3-12-6-5(10-8(12)16)9-7(15)11-6/h5-6H,1-3H2,(H,10,16)(H,13,14)(H2,9,11,15)/t5-,6+/m0/s1. The van der Waals surface area contributed by atoms with Gasteiger partial charge < -0.3 is 26.0 Å². The molecule has 16 heavy (non-hydrogen) atoms. The van der Waals surface area contributed by atoms with E-state index in [1.54, 1.807) is 0 Å². The van der Waals surface area contributed by atoms with Crippen LogP contribution in [-0.4, -0.2) is 46.9 Å². The third kappa shape index (κ3) is 1.86. The van der Waals surface area contributed by atoms with Crippen LogP contribution in [0, 0.1) is 0 Å². The number of nitrogens with one attached hydrogen (secondary N) is 3. The maximum Gasteiger partial charge on any atom is 0.320 e. The molecule has 0 radical (unpaired) electrons. The normalized spacial score (nSPS) is 27.1. The van der Waals surface area contributed by atoms with Crippen LogP contribution in [0.4, 0.5) is 9.59 Å². The lowest BCUT2D eigenvalue weighted by atomic mass is 10.3. The number of carbonyl (C=O) groups excluding carboxylic acids is 2. The molecule has 4 N–H and O–H groups in total. The SMILES string of the molecule is O=C(O)CCCN1C(=O)N[C@@H]2NC(=O)N[C@@H]21. The van der Waals surface area contributed by atoms with E-state index in [0.29, 0.717) is 13.0 Å². The third-order valence-electron chi connectivity index (χ3n) is 2.55.